The molecule has 2 aromatic rings. The molecule has 0 fully saturated rings. The van der Waals surface area contributed by atoms with Crippen LogP contribution in [-0.4, -0.2) is 29.1 Å². The summed E-state index contributed by atoms with van der Waals surface area (Å²) in [7, 11) is 0. The quantitative estimate of drug-likeness (QED) is 0.370. The van der Waals surface area contributed by atoms with E-state index in [0.29, 0.717) is 0 Å². The normalized spacial score (nSPS) is 11.5. The average molecular weight is 600 g/mol. The molecule has 0 saturated heterocycles. The molecule has 0 saturated carbocycles. The Bertz CT molecular complexity index is 665. The van der Waals surface area contributed by atoms with E-state index >= 15 is 0 Å². The van der Waals surface area contributed by atoms with E-state index in [2.05, 4.69) is 35.0 Å². The number of hydrogen-bond donors (Lipinski definition) is 0. The Morgan fingerprint density at radius 1 is 0.864 bits per heavy atom. The van der Waals surface area contributed by atoms with E-state index in [1.165, 1.54) is 0 Å². The molecule has 8 heteroatoms. The van der Waals surface area contributed by atoms with Gasteiger partial charge in [-0.1, -0.05) is 0 Å². The zero-order chi connectivity index (χ0) is 16.3. The van der Waals surface area contributed by atoms with Crippen LogP contribution in [0.25, 0.3) is 0 Å². The molecule has 0 N–H and O–H groups in total. The van der Waals surface area contributed by atoms with Gasteiger partial charge in [-0.05, 0) is 0 Å². The summed E-state index contributed by atoms with van der Waals surface area (Å²) in [5.74, 6) is -0.722. The standard InChI is InChI=1S/C14H8Br2Cl3NOTe/c15-9-1-5-11(6-2-9)22(20-13(21)14(17,18)19)12-7-3-10(16)4-8-12/h1-8H. The number of hydrogen-bond acceptors (Lipinski definition) is 1. The van der Waals surface area contributed by atoms with Gasteiger partial charge in [-0.2, -0.15) is 0 Å². The summed E-state index contributed by atoms with van der Waals surface area (Å²) in [6.07, 6.45) is 0. The van der Waals surface area contributed by atoms with Gasteiger partial charge >= 0.3 is 168 Å². The van der Waals surface area contributed by atoms with Crippen molar-refractivity contribution in [2.45, 2.75) is 3.79 Å². The summed E-state index contributed by atoms with van der Waals surface area (Å²) < 4.78 is 6.13. The van der Waals surface area contributed by atoms with Crippen molar-refractivity contribution in [2.24, 2.45) is 3.18 Å². The van der Waals surface area contributed by atoms with Gasteiger partial charge in [-0.3, -0.25) is 0 Å². The Kier molecular flexibility index (Phi) is 6.92. The van der Waals surface area contributed by atoms with Crippen molar-refractivity contribution in [1.29, 1.82) is 0 Å². The third-order valence-electron chi connectivity index (χ3n) is 2.49. The molecular formula is C14H8Br2Cl3NOTe. The van der Waals surface area contributed by atoms with Crippen LogP contribution in [0.5, 0.6) is 0 Å². The fraction of sp³-hybridized carbons (Fsp3) is 0.0714. The van der Waals surface area contributed by atoms with Gasteiger partial charge in [0.25, 0.3) is 0 Å². The Hall–Kier alpha value is 0.530. The van der Waals surface area contributed by atoms with Crippen LogP contribution in [0.2, 0.25) is 0 Å². The molecule has 0 radical (unpaired) electrons. The van der Waals surface area contributed by atoms with Gasteiger partial charge in [-0.15, -0.1) is 0 Å². The molecular weight excluding hydrogens is 592 g/mol. The summed E-state index contributed by atoms with van der Waals surface area (Å²) in [5.41, 5.74) is 0. The predicted molar refractivity (Wildman–Crippen MR) is 101 cm³/mol. The molecule has 0 heterocycles. The number of rotatable bonds is 2. The fourth-order valence-electron chi connectivity index (χ4n) is 1.50. The first-order valence-corrected chi connectivity index (χ1v) is 11.9. The summed E-state index contributed by atoms with van der Waals surface area (Å²) in [6, 6.07) is 15.4. The van der Waals surface area contributed by atoms with Gasteiger partial charge in [0.1, 0.15) is 0 Å². The molecule has 2 aromatic carbocycles. The van der Waals surface area contributed by atoms with E-state index in [1.54, 1.807) is 0 Å². The molecule has 22 heavy (non-hydrogen) atoms. The van der Waals surface area contributed by atoms with Crippen molar-refractivity contribution >= 4 is 99.2 Å². The number of nitrogens with zero attached hydrogens (tertiary/aromatic N) is 1. The van der Waals surface area contributed by atoms with Gasteiger partial charge in [0, 0.05) is 0 Å². The number of carbonyl (C=O) groups is 1. The van der Waals surface area contributed by atoms with E-state index in [4.69, 9.17) is 34.8 Å². The van der Waals surface area contributed by atoms with Crippen LogP contribution in [-0.2, 0) is 4.79 Å². The third kappa shape index (κ3) is 5.27. The van der Waals surface area contributed by atoms with E-state index in [0.717, 1.165) is 16.2 Å². The minimum absolute atomic E-state index is 0.722. The number of carbonyl (C=O) groups excluding carboxylic acids is 1. The van der Waals surface area contributed by atoms with E-state index in [9.17, 15) is 4.79 Å². The van der Waals surface area contributed by atoms with Gasteiger partial charge in [0.2, 0.25) is 0 Å². The molecule has 0 aliphatic rings. The van der Waals surface area contributed by atoms with Crippen LogP contribution in [0.3, 0.4) is 0 Å². The van der Waals surface area contributed by atoms with Gasteiger partial charge in [0.15, 0.2) is 0 Å². The van der Waals surface area contributed by atoms with Crippen molar-refractivity contribution in [2.75, 3.05) is 0 Å². The second kappa shape index (κ2) is 8.07. The molecule has 0 atom stereocenters. The fourth-order valence-corrected chi connectivity index (χ4v) is 7.12. The Balaban J connectivity index is 2.54. The van der Waals surface area contributed by atoms with Crippen LogP contribution in [0.1, 0.15) is 0 Å². The van der Waals surface area contributed by atoms with Crippen LogP contribution in [0.4, 0.5) is 0 Å². The van der Waals surface area contributed by atoms with Gasteiger partial charge in [0.05, 0.1) is 0 Å². The number of amides is 1. The van der Waals surface area contributed by atoms with Crippen molar-refractivity contribution in [3.8, 4) is 0 Å². The molecule has 0 aromatic heterocycles. The number of alkyl halides is 3. The van der Waals surface area contributed by atoms with Crippen LogP contribution in [0.15, 0.2) is 60.7 Å². The summed E-state index contributed by atoms with van der Waals surface area (Å²) in [5, 5.41) is 0. The van der Waals surface area contributed by atoms with E-state index in [1.807, 2.05) is 48.5 Å². The number of halogens is 5. The SMILES string of the molecule is O=C(N=[Te](c1ccc(Br)cc1)c1ccc(Br)cc1)C(Cl)(Cl)Cl. The molecule has 116 valence electrons. The Morgan fingerprint density at radius 3 is 1.55 bits per heavy atom. The topological polar surface area (TPSA) is 29.4 Å². The predicted octanol–water partition coefficient (Wildman–Crippen LogP) is 4.48. The third-order valence-corrected chi connectivity index (χ3v) is 9.13. The summed E-state index contributed by atoms with van der Waals surface area (Å²) in [4.78, 5) is 12.0. The Morgan fingerprint density at radius 2 is 1.23 bits per heavy atom. The summed E-state index contributed by atoms with van der Waals surface area (Å²) in [6.45, 7) is 0. The number of benzene rings is 2. The first-order valence-electron chi connectivity index (χ1n) is 5.86. The molecule has 2 nitrogen and oxygen atoms in total. The second-order valence-electron chi connectivity index (χ2n) is 4.09. The molecule has 0 aliphatic heterocycles. The monoisotopic (exact) mass is 599 g/mol. The van der Waals surface area contributed by atoms with E-state index in [-0.39, 0.29) is 0 Å². The zero-order valence-corrected chi connectivity index (χ0v) is 18.5. The maximum absolute atomic E-state index is 12.0. The first kappa shape index (κ1) is 18.9. The molecule has 2 rings (SSSR count). The average Bonchev–Trinajstić information content (AvgIpc) is 2.46. The Labute approximate surface area is 166 Å². The van der Waals surface area contributed by atoms with Crippen molar-refractivity contribution in [3.63, 3.8) is 0 Å². The van der Waals surface area contributed by atoms with Gasteiger partial charge < -0.3 is 0 Å². The van der Waals surface area contributed by atoms with E-state index < -0.39 is 29.1 Å². The minimum atomic E-state index is -2.53. The summed E-state index contributed by atoms with van der Waals surface area (Å²) >= 11 is 21.2. The molecule has 0 bridgehead atoms. The maximum atomic E-state index is 12.0. The van der Waals surface area contributed by atoms with Crippen LogP contribution < -0.4 is 7.22 Å². The van der Waals surface area contributed by atoms with Gasteiger partial charge in [-0.25, -0.2) is 0 Å². The second-order valence-corrected chi connectivity index (χ2v) is 13.0. The molecule has 1 amide bonds. The van der Waals surface area contributed by atoms with Crippen molar-refractivity contribution in [1.82, 2.24) is 0 Å². The first-order chi connectivity index (χ1) is 10.3. The van der Waals surface area contributed by atoms with Crippen molar-refractivity contribution in [3.05, 3.63) is 57.5 Å². The molecule has 0 aliphatic carbocycles. The van der Waals surface area contributed by atoms with Crippen LogP contribution in [0, 0.1) is 0 Å². The molecule has 0 spiro atoms. The van der Waals surface area contributed by atoms with Crippen LogP contribution >= 0.6 is 66.7 Å². The zero-order valence-electron chi connectivity index (χ0n) is 10.8. The molecule has 0 unspecified atom stereocenters. The van der Waals surface area contributed by atoms with Crippen molar-refractivity contribution < 1.29 is 4.79 Å².